The van der Waals surface area contributed by atoms with Crippen molar-refractivity contribution in [2.45, 2.75) is 25.5 Å². The molecule has 7 nitrogen and oxygen atoms in total. The highest BCUT2D eigenvalue weighted by molar-refractivity contribution is 5.83. The molecule has 4 heterocycles. The van der Waals surface area contributed by atoms with E-state index >= 15 is 0 Å². The molecule has 4 rings (SSSR count). The predicted molar refractivity (Wildman–Crippen MR) is 77.2 cm³/mol. The maximum Gasteiger partial charge on any atom is 0.312 e. The van der Waals surface area contributed by atoms with Crippen LogP contribution in [0.15, 0.2) is 6.33 Å². The summed E-state index contributed by atoms with van der Waals surface area (Å²) in [5.41, 5.74) is 1.12. The van der Waals surface area contributed by atoms with Crippen LogP contribution in [-0.4, -0.2) is 52.4 Å². The van der Waals surface area contributed by atoms with E-state index in [1.807, 2.05) is 9.47 Å². The first-order valence-electron chi connectivity index (χ1n) is 7.67. The Morgan fingerprint density at radius 1 is 1.14 bits per heavy atom. The zero-order valence-corrected chi connectivity index (χ0v) is 12.2. The van der Waals surface area contributed by atoms with Gasteiger partial charge in [0.25, 0.3) is 0 Å². The highest BCUT2D eigenvalue weighted by Crippen LogP contribution is 2.29. The average molecular weight is 307 g/mol. The maximum atomic E-state index is 13.9. The van der Waals surface area contributed by atoms with Gasteiger partial charge in [-0.2, -0.15) is 14.4 Å². The summed E-state index contributed by atoms with van der Waals surface area (Å²) in [6.45, 7) is 3.30. The molecule has 2 aromatic heterocycles. The number of nitrogens with zero attached hydrogens (tertiary/aromatic N) is 5. The standard InChI is InChI=1S/C14H18FN5O2/c15-14-17-12(19-4-7-21-8-5-19)11-13(18-14)20(9-16-11)10-3-1-2-6-22-10/h9-10H,1-8H2. The van der Waals surface area contributed by atoms with Crippen LogP contribution in [0.3, 0.4) is 0 Å². The Morgan fingerprint density at radius 3 is 2.77 bits per heavy atom. The Kier molecular flexibility index (Phi) is 3.63. The molecule has 0 N–H and O–H groups in total. The predicted octanol–water partition coefficient (Wildman–Crippen LogP) is 1.50. The second-order valence-corrected chi connectivity index (χ2v) is 5.56. The lowest BCUT2D eigenvalue weighted by atomic mass is 10.2. The minimum Gasteiger partial charge on any atom is -0.378 e. The van der Waals surface area contributed by atoms with Crippen molar-refractivity contribution in [1.82, 2.24) is 19.5 Å². The first kappa shape index (κ1) is 13.8. The van der Waals surface area contributed by atoms with Crippen LogP contribution in [0.1, 0.15) is 25.5 Å². The number of hydrogen-bond donors (Lipinski definition) is 0. The van der Waals surface area contributed by atoms with Crippen molar-refractivity contribution in [1.29, 1.82) is 0 Å². The van der Waals surface area contributed by atoms with Crippen molar-refractivity contribution in [2.75, 3.05) is 37.8 Å². The van der Waals surface area contributed by atoms with Crippen molar-refractivity contribution < 1.29 is 13.9 Å². The van der Waals surface area contributed by atoms with E-state index in [0.29, 0.717) is 49.9 Å². The van der Waals surface area contributed by atoms with Gasteiger partial charge >= 0.3 is 6.08 Å². The maximum absolute atomic E-state index is 13.9. The second kappa shape index (κ2) is 5.77. The molecule has 2 saturated heterocycles. The number of halogens is 1. The van der Waals surface area contributed by atoms with Crippen LogP contribution in [0.5, 0.6) is 0 Å². The summed E-state index contributed by atoms with van der Waals surface area (Å²) in [5.74, 6) is 0.542. The van der Waals surface area contributed by atoms with Crippen LogP contribution < -0.4 is 4.90 Å². The summed E-state index contributed by atoms with van der Waals surface area (Å²) in [6, 6.07) is 0. The highest BCUT2D eigenvalue weighted by atomic mass is 19.1. The van der Waals surface area contributed by atoms with Crippen molar-refractivity contribution in [3.63, 3.8) is 0 Å². The van der Waals surface area contributed by atoms with E-state index in [1.54, 1.807) is 6.33 Å². The van der Waals surface area contributed by atoms with Crippen molar-refractivity contribution in [3.05, 3.63) is 12.4 Å². The number of hydrogen-bond acceptors (Lipinski definition) is 6. The van der Waals surface area contributed by atoms with Crippen LogP contribution in [0.25, 0.3) is 11.2 Å². The number of aromatic nitrogens is 4. The third kappa shape index (κ3) is 2.42. The van der Waals surface area contributed by atoms with E-state index in [2.05, 4.69) is 15.0 Å². The van der Waals surface area contributed by atoms with Gasteiger partial charge < -0.3 is 14.4 Å². The van der Waals surface area contributed by atoms with E-state index in [4.69, 9.17) is 9.47 Å². The molecule has 0 aliphatic carbocycles. The molecule has 118 valence electrons. The molecule has 2 fully saturated rings. The summed E-state index contributed by atoms with van der Waals surface area (Å²) in [7, 11) is 0. The summed E-state index contributed by atoms with van der Waals surface area (Å²) >= 11 is 0. The molecule has 0 aromatic carbocycles. The van der Waals surface area contributed by atoms with Crippen LogP contribution >= 0.6 is 0 Å². The van der Waals surface area contributed by atoms with E-state index in [1.165, 1.54) is 0 Å². The van der Waals surface area contributed by atoms with Gasteiger partial charge in [-0.15, -0.1) is 0 Å². The quantitative estimate of drug-likeness (QED) is 0.784. The second-order valence-electron chi connectivity index (χ2n) is 5.56. The Balaban J connectivity index is 1.76. The lowest BCUT2D eigenvalue weighted by molar-refractivity contribution is -0.0298. The van der Waals surface area contributed by atoms with Gasteiger partial charge in [-0.1, -0.05) is 0 Å². The molecule has 22 heavy (non-hydrogen) atoms. The lowest BCUT2D eigenvalue weighted by Crippen LogP contribution is -2.37. The minimum absolute atomic E-state index is 0.120. The van der Waals surface area contributed by atoms with Crippen LogP contribution in [0, 0.1) is 6.08 Å². The summed E-state index contributed by atoms with van der Waals surface area (Å²) in [5, 5.41) is 0. The minimum atomic E-state index is -0.730. The van der Waals surface area contributed by atoms with E-state index in [9.17, 15) is 4.39 Å². The van der Waals surface area contributed by atoms with E-state index < -0.39 is 6.08 Å². The number of morpholine rings is 1. The zero-order chi connectivity index (χ0) is 14.9. The highest BCUT2D eigenvalue weighted by Gasteiger charge is 2.24. The fourth-order valence-corrected chi connectivity index (χ4v) is 3.03. The first-order chi connectivity index (χ1) is 10.8. The van der Waals surface area contributed by atoms with Gasteiger partial charge in [-0.25, -0.2) is 4.98 Å². The summed E-state index contributed by atoms with van der Waals surface area (Å²) < 4.78 is 26.8. The lowest BCUT2D eigenvalue weighted by Gasteiger charge is -2.28. The molecular formula is C14H18FN5O2. The van der Waals surface area contributed by atoms with Gasteiger partial charge in [0.2, 0.25) is 0 Å². The van der Waals surface area contributed by atoms with Gasteiger partial charge in [-0.05, 0) is 19.3 Å². The Labute approximate surface area is 127 Å². The third-order valence-electron chi connectivity index (χ3n) is 4.15. The van der Waals surface area contributed by atoms with Crippen molar-refractivity contribution in [2.24, 2.45) is 0 Å². The summed E-state index contributed by atoms with van der Waals surface area (Å²) in [4.78, 5) is 14.3. The number of rotatable bonds is 2. The number of ether oxygens (including phenoxy) is 2. The molecule has 0 saturated carbocycles. The molecule has 2 aromatic rings. The molecule has 2 aliphatic rings. The molecule has 2 aliphatic heterocycles. The largest absolute Gasteiger partial charge is 0.378 e. The fraction of sp³-hybridized carbons (Fsp3) is 0.643. The van der Waals surface area contributed by atoms with E-state index in [-0.39, 0.29) is 6.23 Å². The molecular weight excluding hydrogens is 289 g/mol. The van der Waals surface area contributed by atoms with Gasteiger partial charge in [0.1, 0.15) is 6.23 Å². The third-order valence-corrected chi connectivity index (χ3v) is 4.15. The van der Waals surface area contributed by atoms with Crippen LogP contribution in [0.4, 0.5) is 10.2 Å². The Bertz CT molecular complexity index is 665. The van der Waals surface area contributed by atoms with Crippen molar-refractivity contribution >= 4 is 17.0 Å². The van der Waals surface area contributed by atoms with Gasteiger partial charge in [0.05, 0.1) is 19.5 Å². The number of imidazole rings is 1. The molecule has 1 unspecified atom stereocenters. The molecule has 0 bridgehead atoms. The topological polar surface area (TPSA) is 65.3 Å². The Morgan fingerprint density at radius 2 is 2.00 bits per heavy atom. The molecule has 0 radical (unpaired) electrons. The smallest absolute Gasteiger partial charge is 0.312 e. The number of fused-ring (bicyclic) bond motifs is 1. The SMILES string of the molecule is Fc1nc(N2CCOCC2)c2ncn(C3CCCCO3)c2n1. The van der Waals surface area contributed by atoms with Gasteiger partial charge in [0, 0.05) is 19.7 Å². The molecule has 0 amide bonds. The number of anilines is 1. The van der Waals surface area contributed by atoms with E-state index in [0.717, 1.165) is 19.3 Å². The van der Waals surface area contributed by atoms with Crippen LogP contribution in [0.2, 0.25) is 0 Å². The van der Waals surface area contributed by atoms with Crippen molar-refractivity contribution in [3.8, 4) is 0 Å². The fourth-order valence-electron chi connectivity index (χ4n) is 3.03. The summed E-state index contributed by atoms with van der Waals surface area (Å²) in [6.07, 6.45) is 3.87. The van der Waals surface area contributed by atoms with Gasteiger partial charge in [0.15, 0.2) is 17.0 Å². The average Bonchev–Trinajstić information content (AvgIpc) is 2.99. The normalized spacial score (nSPS) is 23.1. The molecule has 1 atom stereocenters. The first-order valence-corrected chi connectivity index (χ1v) is 7.67. The van der Waals surface area contributed by atoms with Gasteiger partial charge in [-0.3, -0.25) is 4.57 Å². The zero-order valence-electron chi connectivity index (χ0n) is 12.2. The Hall–Kier alpha value is -1.80. The van der Waals surface area contributed by atoms with Crippen LogP contribution in [-0.2, 0) is 9.47 Å². The molecule has 8 heteroatoms. The monoisotopic (exact) mass is 307 g/mol. The molecule has 0 spiro atoms.